The molecule has 0 aliphatic carbocycles. The molecular formula is C12H9ClO2S. The Kier molecular flexibility index (Phi) is 3.27. The van der Waals surface area contributed by atoms with Gasteiger partial charge in [-0.2, -0.15) is 0 Å². The summed E-state index contributed by atoms with van der Waals surface area (Å²) < 4.78 is 5.14. The molecule has 16 heavy (non-hydrogen) atoms. The molecule has 2 rings (SSSR count). The van der Waals surface area contributed by atoms with E-state index in [4.69, 9.17) is 16.3 Å². The van der Waals surface area contributed by atoms with Gasteiger partial charge in [0, 0.05) is 4.88 Å². The van der Waals surface area contributed by atoms with Crippen molar-refractivity contribution in [3.8, 4) is 16.2 Å². The number of ether oxygens (including phenoxy) is 1. The zero-order chi connectivity index (χ0) is 11.5. The molecule has 0 saturated heterocycles. The third-order valence-corrected chi connectivity index (χ3v) is 3.55. The largest absolute Gasteiger partial charge is 0.495 e. The topological polar surface area (TPSA) is 26.3 Å². The molecule has 0 atom stereocenters. The van der Waals surface area contributed by atoms with Crippen molar-refractivity contribution in [1.82, 2.24) is 0 Å². The summed E-state index contributed by atoms with van der Waals surface area (Å²) in [6.07, 6.45) is 0.849. The van der Waals surface area contributed by atoms with Gasteiger partial charge < -0.3 is 4.74 Å². The summed E-state index contributed by atoms with van der Waals surface area (Å²) in [6.45, 7) is 0. The van der Waals surface area contributed by atoms with Crippen LogP contribution in [0.15, 0.2) is 30.3 Å². The van der Waals surface area contributed by atoms with Crippen molar-refractivity contribution < 1.29 is 9.53 Å². The number of methoxy groups -OCH3 is 1. The Morgan fingerprint density at radius 2 is 2.12 bits per heavy atom. The van der Waals surface area contributed by atoms with Gasteiger partial charge in [-0.1, -0.05) is 17.7 Å². The van der Waals surface area contributed by atoms with Gasteiger partial charge in [-0.05, 0) is 29.8 Å². The van der Waals surface area contributed by atoms with Gasteiger partial charge in [0.2, 0.25) is 0 Å². The standard InChI is InChI=1S/C12H9ClO2S/c1-15-11-6-8(2-4-10(11)13)12-5-3-9(7-14)16-12/h2-7H,1H3. The zero-order valence-corrected chi connectivity index (χ0v) is 10.1. The quantitative estimate of drug-likeness (QED) is 0.775. The van der Waals surface area contributed by atoms with Crippen LogP contribution in [0.5, 0.6) is 5.75 Å². The predicted molar refractivity (Wildman–Crippen MR) is 66.7 cm³/mol. The Hall–Kier alpha value is -1.32. The van der Waals surface area contributed by atoms with Crippen molar-refractivity contribution in [1.29, 1.82) is 0 Å². The molecule has 0 radical (unpaired) electrons. The Balaban J connectivity index is 2.43. The number of carbonyl (C=O) groups excluding carboxylic acids is 1. The Morgan fingerprint density at radius 3 is 2.75 bits per heavy atom. The average molecular weight is 253 g/mol. The van der Waals surface area contributed by atoms with Gasteiger partial charge in [0.05, 0.1) is 17.0 Å². The highest BCUT2D eigenvalue weighted by atomic mass is 35.5. The lowest BCUT2D eigenvalue weighted by Crippen LogP contribution is -1.84. The fourth-order valence-electron chi connectivity index (χ4n) is 1.38. The SMILES string of the molecule is COc1cc(-c2ccc(C=O)s2)ccc1Cl. The minimum Gasteiger partial charge on any atom is -0.495 e. The van der Waals surface area contributed by atoms with Gasteiger partial charge in [0.15, 0.2) is 6.29 Å². The number of benzene rings is 1. The third-order valence-electron chi connectivity index (χ3n) is 2.18. The zero-order valence-electron chi connectivity index (χ0n) is 8.57. The molecule has 0 aliphatic heterocycles. The summed E-state index contributed by atoms with van der Waals surface area (Å²) in [5.74, 6) is 0.639. The average Bonchev–Trinajstić information content (AvgIpc) is 2.78. The molecule has 0 aliphatic rings. The van der Waals surface area contributed by atoms with E-state index in [0.717, 1.165) is 16.7 Å². The van der Waals surface area contributed by atoms with Gasteiger partial charge in [-0.25, -0.2) is 0 Å². The van der Waals surface area contributed by atoms with E-state index in [-0.39, 0.29) is 0 Å². The summed E-state index contributed by atoms with van der Waals surface area (Å²) >= 11 is 7.38. The number of carbonyl (C=O) groups is 1. The van der Waals surface area contributed by atoms with E-state index in [1.165, 1.54) is 11.3 Å². The molecule has 2 nitrogen and oxygen atoms in total. The first kappa shape index (κ1) is 11.2. The second-order valence-electron chi connectivity index (χ2n) is 3.17. The van der Waals surface area contributed by atoms with Crippen LogP contribution in [0.1, 0.15) is 9.67 Å². The Bertz CT molecular complexity index is 519. The highest BCUT2D eigenvalue weighted by Crippen LogP contribution is 2.33. The number of hydrogen-bond donors (Lipinski definition) is 0. The van der Waals surface area contributed by atoms with E-state index in [0.29, 0.717) is 15.6 Å². The maximum absolute atomic E-state index is 10.6. The molecule has 2 aromatic rings. The van der Waals surface area contributed by atoms with Gasteiger partial charge >= 0.3 is 0 Å². The monoisotopic (exact) mass is 252 g/mol. The van der Waals surface area contributed by atoms with Crippen LogP contribution in [0.4, 0.5) is 0 Å². The molecule has 4 heteroatoms. The van der Waals surface area contributed by atoms with E-state index in [9.17, 15) is 4.79 Å². The van der Waals surface area contributed by atoms with Gasteiger partial charge in [0.1, 0.15) is 5.75 Å². The van der Waals surface area contributed by atoms with E-state index in [1.54, 1.807) is 19.2 Å². The van der Waals surface area contributed by atoms with Gasteiger partial charge in [0.25, 0.3) is 0 Å². The fraction of sp³-hybridized carbons (Fsp3) is 0.0833. The first-order chi connectivity index (χ1) is 7.74. The van der Waals surface area contributed by atoms with Gasteiger partial charge in [-0.15, -0.1) is 11.3 Å². The van der Waals surface area contributed by atoms with E-state index in [1.807, 2.05) is 18.2 Å². The summed E-state index contributed by atoms with van der Waals surface area (Å²) in [4.78, 5) is 12.3. The second kappa shape index (κ2) is 4.68. The first-order valence-corrected chi connectivity index (χ1v) is 5.83. The van der Waals surface area contributed by atoms with Crippen LogP contribution >= 0.6 is 22.9 Å². The van der Waals surface area contributed by atoms with Crippen molar-refractivity contribution in [2.75, 3.05) is 7.11 Å². The molecule has 1 aromatic carbocycles. The lowest BCUT2D eigenvalue weighted by molar-refractivity contribution is 0.112. The molecule has 82 valence electrons. The van der Waals surface area contributed by atoms with Gasteiger partial charge in [-0.3, -0.25) is 4.79 Å². The lowest BCUT2D eigenvalue weighted by Gasteiger charge is -2.04. The number of halogens is 1. The number of rotatable bonds is 3. The molecule has 0 bridgehead atoms. The van der Waals surface area contributed by atoms with Crippen molar-refractivity contribution in [2.24, 2.45) is 0 Å². The van der Waals surface area contributed by atoms with Crippen molar-refractivity contribution >= 4 is 29.2 Å². The molecule has 0 fully saturated rings. The lowest BCUT2D eigenvalue weighted by atomic mass is 10.2. The van der Waals surface area contributed by atoms with Crippen LogP contribution in [0, 0.1) is 0 Å². The Labute approximate surface area is 102 Å². The summed E-state index contributed by atoms with van der Waals surface area (Å²) in [5, 5.41) is 0.582. The van der Waals surface area contributed by atoms with Crippen LogP contribution in [-0.2, 0) is 0 Å². The van der Waals surface area contributed by atoms with Crippen LogP contribution in [-0.4, -0.2) is 13.4 Å². The maximum Gasteiger partial charge on any atom is 0.160 e. The second-order valence-corrected chi connectivity index (χ2v) is 4.69. The van der Waals surface area contributed by atoms with E-state index < -0.39 is 0 Å². The normalized spacial score (nSPS) is 10.1. The minimum atomic E-state index is 0.582. The number of aldehydes is 1. The summed E-state index contributed by atoms with van der Waals surface area (Å²) in [6, 6.07) is 9.27. The van der Waals surface area contributed by atoms with Crippen LogP contribution in [0.25, 0.3) is 10.4 Å². The maximum atomic E-state index is 10.6. The van der Waals surface area contributed by atoms with Crippen molar-refractivity contribution in [2.45, 2.75) is 0 Å². The molecule has 0 amide bonds. The van der Waals surface area contributed by atoms with E-state index in [2.05, 4.69) is 0 Å². The van der Waals surface area contributed by atoms with Crippen molar-refractivity contribution in [3.05, 3.63) is 40.2 Å². The van der Waals surface area contributed by atoms with Crippen molar-refractivity contribution in [3.63, 3.8) is 0 Å². The molecular weight excluding hydrogens is 244 g/mol. The fourth-order valence-corrected chi connectivity index (χ4v) is 2.40. The highest BCUT2D eigenvalue weighted by molar-refractivity contribution is 7.17. The number of thiophene rings is 1. The minimum absolute atomic E-state index is 0.582. The third kappa shape index (κ3) is 2.10. The summed E-state index contributed by atoms with van der Waals surface area (Å²) in [5.41, 5.74) is 0.999. The molecule has 1 heterocycles. The molecule has 0 saturated carbocycles. The highest BCUT2D eigenvalue weighted by Gasteiger charge is 2.06. The van der Waals surface area contributed by atoms with Crippen LogP contribution < -0.4 is 4.74 Å². The van der Waals surface area contributed by atoms with Crippen LogP contribution in [0.3, 0.4) is 0 Å². The predicted octanol–water partition coefficient (Wildman–Crippen LogP) is 3.89. The molecule has 0 N–H and O–H groups in total. The first-order valence-electron chi connectivity index (χ1n) is 4.63. The molecule has 0 spiro atoms. The van der Waals surface area contributed by atoms with E-state index >= 15 is 0 Å². The molecule has 0 unspecified atom stereocenters. The van der Waals surface area contributed by atoms with Crippen LogP contribution in [0.2, 0.25) is 5.02 Å². The summed E-state index contributed by atoms with van der Waals surface area (Å²) in [7, 11) is 1.58. The smallest absolute Gasteiger partial charge is 0.160 e. The molecule has 1 aromatic heterocycles. The Morgan fingerprint density at radius 1 is 1.31 bits per heavy atom. The number of hydrogen-bond acceptors (Lipinski definition) is 3.